The van der Waals surface area contributed by atoms with Crippen LogP contribution in [0.3, 0.4) is 0 Å². The fourth-order valence-electron chi connectivity index (χ4n) is 0.801. The molecule has 0 spiro atoms. The van der Waals surface area contributed by atoms with Crippen molar-refractivity contribution in [1.29, 1.82) is 0 Å². The van der Waals surface area contributed by atoms with E-state index in [1.165, 1.54) is 9.13 Å². The molecular formula is C9H11IO. The minimum Gasteiger partial charge on any atom is -0.377 e. The van der Waals surface area contributed by atoms with E-state index in [0.29, 0.717) is 0 Å². The molecule has 60 valence electrons. The molecule has 0 saturated carbocycles. The standard InChI is InChI=1S/C9H11IO/c1-2-11-7-8-3-5-9(10)6-4-8/h3-6H,2,7H2,1H3. The number of benzene rings is 1. The van der Waals surface area contributed by atoms with E-state index >= 15 is 0 Å². The lowest BCUT2D eigenvalue weighted by atomic mass is 10.2. The van der Waals surface area contributed by atoms with E-state index in [9.17, 15) is 0 Å². The summed E-state index contributed by atoms with van der Waals surface area (Å²) in [4.78, 5) is 0. The molecule has 0 unspecified atom stereocenters. The number of halogens is 1. The molecule has 0 aliphatic carbocycles. The predicted molar refractivity (Wildman–Crippen MR) is 54.5 cm³/mol. The SMILES string of the molecule is CCOCc1ccc(I)cc1. The van der Waals surface area contributed by atoms with Crippen LogP contribution in [0.15, 0.2) is 24.3 Å². The van der Waals surface area contributed by atoms with Crippen molar-refractivity contribution in [3.8, 4) is 0 Å². The summed E-state index contributed by atoms with van der Waals surface area (Å²) in [5.74, 6) is 0. The van der Waals surface area contributed by atoms with Crippen molar-refractivity contribution in [3.05, 3.63) is 33.4 Å². The van der Waals surface area contributed by atoms with Gasteiger partial charge in [0.2, 0.25) is 0 Å². The van der Waals surface area contributed by atoms with Crippen LogP contribution in [-0.4, -0.2) is 6.61 Å². The van der Waals surface area contributed by atoms with Gasteiger partial charge in [-0.05, 0) is 47.2 Å². The van der Waals surface area contributed by atoms with Gasteiger partial charge in [0.25, 0.3) is 0 Å². The minimum absolute atomic E-state index is 0.730. The van der Waals surface area contributed by atoms with Crippen LogP contribution < -0.4 is 0 Å². The van der Waals surface area contributed by atoms with Gasteiger partial charge in [-0.1, -0.05) is 12.1 Å². The second-order valence-electron chi connectivity index (χ2n) is 2.26. The molecule has 0 amide bonds. The third-order valence-corrected chi connectivity index (χ3v) is 2.11. The van der Waals surface area contributed by atoms with Crippen LogP contribution in [0.5, 0.6) is 0 Å². The molecule has 0 aliphatic heterocycles. The molecule has 0 radical (unpaired) electrons. The summed E-state index contributed by atoms with van der Waals surface area (Å²) in [6, 6.07) is 8.37. The largest absolute Gasteiger partial charge is 0.377 e. The van der Waals surface area contributed by atoms with Gasteiger partial charge in [0.05, 0.1) is 6.61 Å². The Hall–Kier alpha value is -0.0900. The molecule has 0 bridgehead atoms. The predicted octanol–water partition coefficient (Wildman–Crippen LogP) is 2.83. The smallest absolute Gasteiger partial charge is 0.0716 e. The Morgan fingerprint density at radius 1 is 1.27 bits per heavy atom. The molecule has 0 atom stereocenters. The van der Waals surface area contributed by atoms with E-state index in [-0.39, 0.29) is 0 Å². The van der Waals surface area contributed by atoms with Crippen molar-refractivity contribution >= 4 is 22.6 Å². The van der Waals surface area contributed by atoms with Crippen molar-refractivity contribution < 1.29 is 4.74 Å². The number of ether oxygens (including phenoxy) is 1. The molecule has 0 fully saturated rings. The topological polar surface area (TPSA) is 9.23 Å². The molecule has 1 aromatic rings. The molecule has 0 aliphatic rings. The average Bonchev–Trinajstić information content (AvgIpc) is 2.04. The lowest BCUT2D eigenvalue weighted by Gasteiger charge is -2.00. The van der Waals surface area contributed by atoms with Gasteiger partial charge in [-0.25, -0.2) is 0 Å². The van der Waals surface area contributed by atoms with Crippen LogP contribution >= 0.6 is 22.6 Å². The number of rotatable bonds is 3. The van der Waals surface area contributed by atoms with Gasteiger partial charge in [-0.15, -0.1) is 0 Å². The normalized spacial score (nSPS) is 10.0. The molecule has 2 heteroatoms. The van der Waals surface area contributed by atoms with E-state index in [2.05, 4.69) is 46.9 Å². The Morgan fingerprint density at radius 3 is 2.45 bits per heavy atom. The summed E-state index contributed by atoms with van der Waals surface area (Å²) in [6.45, 7) is 3.52. The van der Waals surface area contributed by atoms with Crippen LogP contribution in [0.2, 0.25) is 0 Å². The number of hydrogen-bond donors (Lipinski definition) is 0. The third-order valence-electron chi connectivity index (χ3n) is 1.39. The molecule has 11 heavy (non-hydrogen) atoms. The van der Waals surface area contributed by atoms with Gasteiger partial charge in [-0.3, -0.25) is 0 Å². The molecule has 1 aromatic carbocycles. The summed E-state index contributed by atoms with van der Waals surface area (Å²) in [7, 11) is 0. The summed E-state index contributed by atoms with van der Waals surface area (Å²) in [5, 5.41) is 0. The molecule has 1 rings (SSSR count). The van der Waals surface area contributed by atoms with Crippen LogP contribution in [0.1, 0.15) is 12.5 Å². The summed E-state index contributed by atoms with van der Waals surface area (Å²) >= 11 is 2.29. The third kappa shape index (κ3) is 3.20. The van der Waals surface area contributed by atoms with Crippen LogP contribution in [-0.2, 0) is 11.3 Å². The first-order valence-electron chi connectivity index (χ1n) is 3.65. The Morgan fingerprint density at radius 2 is 1.91 bits per heavy atom. The minimum atomic E-state index is 0.730. The van der Waals surface area contributed by atoms with Gasteiger partial charge in [0.15, 0.2) is 0 Å². The highest BCUT2D eigenvalue weighted by Crippen LogP contribution is 2.07. The zero-order valence-corrected chi connectivity index (χ0v) is 8.67. The highest BCUT2D eigenvalue weighted by molar-refractivity contribution is 14.1. The molecule has 0 N–H and O–H groups in total. The van der Waals surface area contributed by atoms with Crippen LogP contribution in [0, 0.1) is 3.57 Å². The Bertz CT molecular complexity index is 205. The van der Waals surface area contributed by atoms with Crippen LogP contribution in [0.4, 0.5) is 0 Å². The first kappa shape index (κ1) is 9.00. The maximum absolute atomic E-state index is 5.26. The van der Waals surface area contributed by atoms with Gasteiger partial charge >= 0.3 is 0 Å². The van der Waals surface area contributed by atoms with Crippen molar-refractivity contribution in [2.75, 3.05) is 6.61 Å². The quantitative estimate of drug-likeness (QED) is 0.761. The van der Waals surface area contributed by atoms with Crippen LogP contribution in [0.25, 0.3) is 0 Å². The van der Waals surface area contributed by atoms with Crippen molar-refractivity contribution in [3.63, 3.8) is 0 Å². The second-order valence-corrected chi connectivity index (χ2v) is 3.51. The molecular weight excluding hydrogens is 251 g/mol. The average molecular weight is 262 g/mol. The van der Waals surface area contributed by atoms with E-state index < -0.39 is 0 Å². The lowest BCUT2D eigenvalue weighted by Crippen LogP contribution is -1.90. The van der Waals surface area contributed by atoms with Crippen molar-refractivity contribution in [2.24, 2.45) is 0 Å². The van der Waals surface area contributed by atoms with Crippen molar-refractivity contribution in [1.82, 2.24) is 0 Å². The van der Waals surface area contributed by atoms with Crippen molar-refractivity contribution in [2.45, 2.75) is 13.5 Å². The Labute approximate surface area is 80.9 Å². The highest BCUT2D eigenvalue weighted by Gasteiger charge is 1.90. The number of hydrogen-bond acceptors (Lipinski definition) is 1. The maximum Gasteiger partial charge on any atom is 0.0716 e. The molecule has 1 nitrogen and oxygen atoms in total. The fraction of sp³-hybridized carbons (Fsp3) is 0.333. The van der Waals surface area contributed by atoms with E-state index in [0.717, 1.165) is 13.2 Å². The zero-order valence-electron chi connectivity index (χ0n) is 6.51. The molecule has 0 aromatic heterocycles. The Kier molecular flexibility index (Phi) is 3.86. The van der Waals surface area contributed by atoms with Gasteiger partial charge in [0.1, 0.15) is 0 Å². The highest BCUT2D eigenvalue weighted by atomic mass is 127. The fourth-order valence-corrected chi connectivity index (χ4v) is 1.16. The van der Waals surface area contributed by atoms with E-state index in [4.69, 9.17) is 4.74 Å². The molecule has 0 heterocycles. The van der Waals surface area contributed by atoms with E-state index in [1.54, 1.807) is 0 Å². The summed E-state index contributed by atoms with van der Waals surface area (Å²) in [6.07, 6.45) is 0. The maximum atomic E-state index is 5.26. The summed E-state index contributed by atoms with van der Waals surface area (Å²) in [5.41, 5.74) is 1.24. The summed E-state index contributed by atoms with van der Waals surface area (Å²) < 4.78 is 6.52. The first-order valence-corrected chi connectivity index (χ1v) is 4.73. The molecule has 0 saturated heterocycles. The lowest BCUT2D eigenvalue weighted by molar-refractivity contribution is 0.134. The van der Waals surface area contributed by atoms with Gasteiger partial charge < -0.3 is 4.74 Å². The Balaban J connectivity index is 2.52. The van der Waals surface area contributed by atoms with Gasteiger partial charge in [-0.2, -0.15) is 0 Å². The van der Waals surface area contributed by atoms with Gasteiger partial charge in [0, 0.05) is 10.2 Å². The van der Waals surface area contributed by atoms with E-state index in [1.807, 2.05) is 6.92 Å². The second kappa shape index (κ2) is 4.72. The first-order chi connectivity index (χ1) is 5.33. The zero-order chi connectivity index (χ0) is 8.10. The monoisotopic (exact) mass is 262 g/mol.